The van der Waals surface area contributed by atoms with Crippen molar-refractivity contribution in [3.8, 4) is 6.19 Å². The van der Waals surface area contributed by atoms with E-state index in [0.29, 0.717) is 18.1 Å². The van der Waals surface area contributed by atoms with E-state index in [2.05, 4.69) is 25.6 Å². The van der Waals surface area contributed by atoms with Gasteiger partial charge in [0.15, 0.2) is 6.19 Å². The number of hydrogen-bond acceptors (Lipinski definition) is 3. The van der Waals surface area contributed by atoms with Gasteiger partial charge in [0.2, 0.25) is 17.9 Å². The lowest BCUT2D eigenvalue weighted by Crippen LogP contribution is -2.27. The Hall–Kier alpha value is -2.99. The van der Waals surface area contributed by atoms with Crippen LogP contribution in [0.5, 0.6) is 0 Å². The molecule has 140 valence electrons. The molecule has 0 spiro atoms. The molecule has 9 nitrogen and oxygen atoms in total. The topological polar surface area (TPSA) is 163 Å². The lowest BCUT2D eigenvalue weighted by molar-refractivity contribution is 0.653. The Balaban J connectivity index is 2.21. The summed E-state index contributed by atoms with van der Waals surface area (Å²) in [5, 5.41) is 14.2. The number of benzene rings is 1. The summed E-state index contributed by atoms with van der Waals surface area (Å²) in [5.41, 5.74) is 17.7. The molecule has 0 heterocycles. The van der Waals surface area contributed by atoms with Gasteiger partial charge in [-0.3, -0.25) is 15.3 Å². The molecule has 1 aromatic rings. The van der Waals surface area contributed by atoms with E-state index in [1.807, 2.05) is 0 Å². The van der Waals surface area contributed by atoms with Gasteiger partial charge in [-0.2, -0.15) is 10.3 Å². The SMILES string of the molecule is N#CNC(N)=NCCCCCCN=C(N)N=C(N)Nc1ccc(Cl)cc1. The van der Waals surface area contributed by atoms with Crippen molar-refractivity contribution in [1.29, 1.82) is 5.26 Å². The summed E-state index contributed by atoms with van der Waals surface area (Å²) in [6, 6.07) is 7.06. The highest BCUT2D eigenvalue weighted by Gasteiger charge is 1.97. The Morgan fingerprint density at radius 3 is 2.19 bits per heavy atom. The van der Waals surface area contributed by atoms with Gasteiger partial charge in [-0.25, -0.2) is 0 Å². The van der Waals surface area contributed by atoms with Crippen molar-refractivity contribution in [1.82, 2.24) is 5.32 Å². The fourth-order valence-corrected chi connectivity index (χ4v) is 2.06. The summed E-state index contributed by atoms with van der Waals surface area (Å²) >= 11 is 5.82. The highest BCUT2D eigenvalue weighted by atomic mass is 35.5. The molecular weight excluding hydrogens is 354 g/mol. The standard InChI is InChI=1S/C16H24ClN9/c17-12-5-7-13(8-6-12)25-16(21)26-15(20)23-10-4-2-1-3-9-22-14(19)24-11-18/h5-8H,1-4,9-10H2,(H3,19,22,24)(H5,20,21,23,25,26). The molecule has 0 aromatic heterocycles. The van der Waals surface area contributed by atoms with Crippen LogP contribution < -0.4 is 27.8 Å². The van der Waals surface area contributed by atoms with E-state index in [1.54, 1.807) is 30.5 Å². The number of aliphatic imine (C=N–C) groups is 3. The minimum absolute atomic E-state index is 0.129. The second kappa shape index (κ2) is 12.4. The first kappa shape index (κ1) is 21.1. The predicted octanol–water partition coefficient (Wildman–Crippen LogP) is 1.33. The number of nitrogens with one attached hydrogen (secondary N) is 2. The molecule has 0 aliphatic heterocycles. The molecule has 0 atom stereocenters. The van der Waals surface area contributed by atoms with Crippen LogP contribution in [0.1, 0.15) is 25.7 Å². The van der Waals surface area contributed by atoms with Crippen LogP contribution >= 0.6 is 11.6 Å². The van der Waals surface area contributed by atoms with Crippen molar-refractivity contribution in [2.75, 3.05) is 18.4 Å². The lowest BCUT2D eigenvalue weighted by Gasteiger charge is -2.05. The molecule has 0 bridgehead atoms. The van der Waals surface area contributed by atoms with Crippen molar-refractivity contribution in [2.45, 2.75) is 25.7 Å². The van der Waals surface area contributed by atoms with Crippen molar-refractivity contribution < 1.29 is 0 Å². The summed E-state index contributed by atoms with van der Waals surface area (Å²) in [6.07, 6.45) is 5.47. The molecule has 0 saturated heterocycles. The van der Waals surface area contributed by atoms with Crippen LogP contribution in [0, 0.1) is 11.5 Å². The smallest absolute Gasteiger partial charge is 0.218 e. The Kier molecular flexibility index (Phi) is 10.0. The highest BCUT2D eigenvalue weighted by molar-refractivity contribution is 6.30. The second-order valence-corrected chi connectivity index (χ2v) is 5.72. The number of halogens is 1. The minimum atomic E-state index is 0.129. The van der Waals surface area contributed by atoms with Gasteiger partial charge in [-0.1, -0.05) is 24.4 Å². The predicted molar refractivity (Wildman–Crippen MR) is 107 cm³/mol. The highest BCUT2D eigenvalue weighted by Crippen LogP contribution is 2.12. The summed E-state index contributed by atoms with van der Waals surface area (Å²) in [5.74, 6) is 0.437. The Bertz CT molecular complexity index is 674. The maximum Gasteiger partial charge on any atom is 0.218 e. The van der Waals surface area contributed by atoms with Gasteiger partial charge in [0.25, 0.3) is 0 Å². The zero-order valence-electron chi connectivity index (χ0n) is 14.5. The normalized spacial score (nSPS) is 12.5. The van der Waals surface area contributed by atoms with Crippen molar-refractivity contribution in [2.24, 2.45) is 32.2 Å². The Labute approximate surface area is 158 Å². The third-order valence-corrected chi connectivity index (χ3v) is 3.41. The van der Waals surface area contributed by atoms with Crippen LogP contribution in [-0.4, -0.2) is 31.0 Å². The largest absolute Gasteiger partial charge is 0.369 e. The number of anilines is 1. The quantitative estimate of drug-likeness (QED) is 0.151. The average Bonchev–Trinajstić information content (AvgIpc) is 2.59. The Morgan fingerprint density at radius 1 is 0.962 bits per heavy atom. The first-order chi connectivity index (χ1) is 12.5. The number of nitrogens with zero attached hydrogens (tertiary/aromatic N) is 4. The van der Waals surface area contributed by atoms with Gasteiger partial charge in [-0.05, 0) is 37.1 Å². The lowest BCUT2D eigenvalue weighted by atomic mass is 10.2. The van der Waals surface area contributed by atoms with Crippen LogP contribution in [0.3, 0.4) is 0 Å². The molecule has 10 heteroatoms. The number of unbranched alkanes of at least 4 members (excludes halogenated alkanes) is 3. The number of guanidine groups is 3. The number of nitriles is 1. The van der Waals surface area contributed by atoms with Crippen molar-refractivity contribution in [3.63, 3.8) is 0 Å². The van der Waals surface area contributed by atoms with E-state index < -0.39 is 0 Å². The first-order valence-corrected chi connectivity index (χ1v) is 8.50. The molecule has 0 radical (unpaired) electrons. The number of hydrogen-bond donors (Lipinski definition) is 5. The number of rotatable bonds is 8. The summed E-state index contributed by atoms with van der Waals surface area (Å²) in [7, 11) is 0. The van der Waals surface area contributed by atoms with Gasteiger partial charge in [-0.15, -0.1) is 0 Å². The minimum Gasteiger partial charge on any atom is -0.369 e. The van der Waals surface area contributed by atoms with Crippen LogP contribution in [0.25, 0.3) is 0 Å². The van der Waals surface area contributed by atoms with E-state index >= 15 is 0 Å². The average molecular weight is 378 g/mol. The summed E-state index contributed by atoms with van der Waals surface area (Å²) < 4.78 is 0. The zero-order chi connectivity index (χ0) is 19.2. The molecular formula is C16H24ClN9. The zero-order valence-corrected chi connectivity index (χ0v) is 15.2. The third-order valence-electron chi connectivity index (χ3n) is 3.16. The van der Waals surface area contributed by atoms with E-state index in [-0.39, 0.29) is 17.9 Å². The first-order valence-electron chi connectivity index (χ1n) is 8.13. The molecule has 1 rings (SSSR count). The second-order valence-electron chi connectivity index (χ2n) is 5.29. The molecule has 0 fully saturated rings. The summed E-state index contributed by atoms with van der Waals surface area (Å²) in [4.78, 5) is 12.2. The van der Waals surface area contributed by atoms with Crippen molar-refractivity contribution in [3.05, 3.63) is 29.3 Å². The molecule has 1 aromatic carbocycles. The fraction of sp³-hybridized carbons (Fsp3) is 0.375. The fourth-order valence-electron chi connectivity index (χ4n) is 1.93. The van der Waals surface area contributed by atoms with E-state index in [0.717, 1.165) is 31.4 Å². The molecule has 0 amide bonds. The monoisotopic (exact) mass is 377 g/mol. The summed E-state index contributed by atoms with van der Waals surface area (Å²) in [6.45, 7) is 1.16. The van der Waals surface area contributed by atoms with Crippen LogP contribution in [-0.2, 0) is 0 Å². The molecule has 0 saturated carbocycles. The van der Waals surface area contributed by atoms with Gasteiger partial charge in [0.05, 0.1) is 0 Å². The van der Waals surface area contributed by atoms with Crippen LogP contribution in [0.2, 0.25) is 5.02 Å². The maximum atomic E-state index is 8.35. The van der Waals surface area contributed by atoms with E-state index in [4.69, 9.17) is 34.1 Å². The van der Waals surface area contributed by atoms with Crippen molar-refractivity contribution >= 4 is 35.2 Å². The molecule has 8 N–H and O–H groups in total. The van der Waals surface area contributed by atoms with Gasteiger partial charge in [0, 0.05) is 23.8 Å². The van der Waals surface area contributed by atoms with Crippen LogP contribution in [0.15, 0.2) is 39.2 Å². The third kappa shape index (κ3) is 10.00. The maximum absolute atomic E-state index is 8.35. The Morgan fingerprint density at radius 2 is 1.58 bits per heavy atom. The number of nitrogens with two attached hydrogens (primary N) is 3. The molecule has 0 aliphatic carbocycles. The van der Waals surface area contributed by atoms with Crippen LogP contribution in [0.4, 0.5) is 5.69 Å². The van der Waals surface area contributed by atoms with Gasteiger partial charge >= 0.3 is 0 Å². The van der Waals surface area contributed by atoms with E-state index in [9.17, 15) is 0 Å². The van der Waals surface area contributed by atoms with Gasteiger partial charge < -0.3 is 22.5 Å². The molecule has 0 unspecified atom stereocenters. The molecule has 0 aliphatic rings. The molecule has 26 heavy (non-hydrogen) atoms. The van der Waals surface area contributed by atoms with Gasteiger partial charge in [0.1, 0.15) is 0 Å². The van der Waals surface area contributed by atoms with E-state index in [1.165, 1.54) is 0 Å².